The Labute approximate surface area is 192 Å². The molecule has 0 saturated heterocycles. The first-order valence-electron chi connectivity index (χ1n) is 9.06. The van der Waals surface area contributed by atoms with Crippen LogP contribution in [0.15, 0.2) is 18.2 Å². The van der Waals surface area contributed by atoms with Crippen LogP contribution in [0, 0.1) is 24.1 Å². The average Bonchev–Trinajstić information content (AvgIpc) is 3.25. The quantitative estimate of drug-likeness (QED) is 0.470. The summed E-state index contributed by atoms with van der Waals surface area (Å²) in [4.78, 5) is 6.96. The van der Waals surface area contributed by atoms with Crippen LogP contribution in [-0.4, -0.2) is 26.4 Å². The number of thiophene rings is 2. The zero-order valence-corrected chi connectivity index (χ0v) is 19.6. The largest absolute Gasteiger partial charge is 0.485 e. The molecule has 3 aromatic rings. The molecule has 0 unspecified atom stereocenters. The van der Waals surface area contributed by atoms with Gasteiger partial charge in [-0.05, 0) is 13.8 Å². The standard InChI is InChI=1S/C19H17O4S3.ClHO4/c1-10-14-16(22-8-6-20-14)18(24-10)12-4-3-5-13(26-12)19-17-15(11(2)25-19)21-7-9-23-17;2-1(3,4)5/h3-5H,6-9H2,1-2H3;(H,2,3,4,5)/q+1;/p-1. The molecular weight excluding hydrogens is 488 g/mol. The van der Waals surface area contributed by atoms with Gasteiger partial charge < -0.3 is 18.9 Å². The summed E-state index contributed by atoms with van der Waals surface area (Å²) < 4.78 is 57.4. The van der Waals surface area contributed by atoms with E-state index in [0.29, 0.717) is 26.4 Å². The van der Waals surface area contributed by atoms with Crippen molar-refractivity contribution in [3.63, 3.8) is 0 Å². The van der Waals surface area contributed by atoms with E-state index in [1.807, 2.05) is 0 Å². The lowest BCUT2D eigenvalue weighted by molar-refractivity contribution is -2.00. The van der Waals surface area contributed by atoms with Crippen molar-refractivity contribution in [3.8, 4) is 42.5 Å². The topological polar surface area (TPSA) is 129 Å². The highest BCUT2D eigenvalue weighted by atomic mass is 35.7. The van der Waals surface area contributed by atoms with Gasteiger partial charge in [0.05, 0.1) is 0 Å². The van der Waals surface area contributed by atoms with Crippen LogP contribution in [0.4, 0.5) is 0 Å². The summed E-state index contributed by atoms with van der Waals surface area (Å²) in [5, 5.41) is 0. The number of ether oxygens (including phenoxy) is 4. The number of aryl methyl sites for hydroxylation is 2. The van der Waals surface area contributed by atoms with Crippen LogP contribution in [0.1, 0.15) is 9.75 Å². The fourth-order valence-corrected chi connectivity index (χ4v) is 6.49. The van der Waals surface area contributed by atoms with Gasteiger partial charge >= 0.3 is 0 Å². The predicted octanol–water partition coefficient (Wildman–Crippen LogP) is 0.889. The molecule has 5 heterocycles. The maximum Gasteiger partial charge on any atom is 0.252 e. The van der Waals surface area contributed by atoms with Gasteiger partial charge in [0.25, 0.3) is 9.75 Å². The molecule has 0 atom stereocenters. The predicted molar refractivity (Wildman–Crippen MR) is 107 cm³/mol. The van der Waals surface area contributed by atoms with Crippen molar-refractivity contribution >= 4 is 34.0 Å². The van der Waals surface area contributed by atoms with E-state index >= 15 is 0 Å². The highest BCUT2D eigenvalue weighted by Gasteiger charge is 2.31. The highest BCUT2D eigenvalue weighted by Crippen LogP contribution is 2.53. The molecule has 166 valence electrons. The average molecular weight is 505 g/mol. The van der Waals surface area contributed by atoms with Gasteiger partial charge in [0.1, 0.15) is 36.2 Å². The first-order valence-corrected chi connectivity index (χ1v) is 12.7. The highest BCUT2D eigenvalue weighted by molar-refractivity contribution is 7.26. The SMILES string of the molecule is Cc1sc(-c2cccc(-c3sc(C)c4c3OCCO4)[s+]2)c2c1OCCO2.[O-][Cl+3]([O-])([O-])[O-]. The summed E-state index contributed by atoms with van der Waals surface area (Å²) in [5.41, 5.74) is 0. The number of rotatable bonds is 2. The molecule has 0 radical (unpaired) electrons. The minimum atomic E-state index is -4.94. The van der Waals surface area contributed by atoms with E-state index in [-0.39, 0.29) is 0 Å². The molecule has 0 amide bonds. The van der Waals surface area contributed by atoms with E-state index < -0.39 is 10.2 Å². The molecule has 0 spiro atoms. The van der Waals surface area contributed by atoms with Crippen molar-refractivity contribution in [2.24, 2.45) is 0 Å². The molecule has 0 saturated carbocycles. The van der Waals surface area contributed by atoms with Crippen LogP contribution in [0.2, 0.25) is 0 Å². The lowest BCUT2D eigenvalue weighted by Gasteiger charge is -2.17. The van der Waals surface area contributed by atoms with Crippen LogP contribution in [0.25, 0.3) is 19.5 Å². The molecule has 31 heavy (non-hydrogen) atoms. The molecule has 0 bridgehead atoms. The molecule has 8 nitrogen and oxygen atoms in total. The zero-order chi connectivity index (χ0) is 22.2. The van der Waals surface area contributed by atoms with Crippen molar-refractivity contribution in [3.05, 3.63) is 28.0 Å². The minimum Gasteiger partial charge on any atom is -0.485 e. The molecule has 0 fully saturated rings. The molecular formula is C19H17ClO8S3. The first kappa shape index (κ1) is 22.5. The summed E-state index contributed by atoms with van der Waals surface area (Å²) in [6.45, 7) is 6.60. The molecule has 3 aromatic heterocycles. The Morgan fingerprint density at radius 3 is 1.45 bits per heavy atom. The van der Waals surface area contributed by atoms with Gasteiger partial charge in [-0.1, -0.05) is 6.07 Å². The van der Waals surface area contributed by atoms with Crippen molar-refractivity contribution < 1.29 is 47.8 Å². The van der Waals surface area contributed by atoms with Gasteiger partial charge in [0.15, 0.2) is 23.0 Å². The van der Waals surface area contributed by atoms with Crippen LogP contribution < -0.4 is 37.6 Å². The second kappa shape index (κ2) is 9.04. The normalized spacial score (nSPS) is 14.6. The Bertz CT molecular complexity index is 1010. The summed E-state index contributed by atoms with van der Waals surface area (Å²) in [7, 11) is -4.94. The Morgan fingerprint density at radius 2 is 1.06 bits per heavy atom. The van der Waals surface area contributed by atoms with Crippen LogP contribution in [0.5, 0.6) is 23.0 Å². The number of halogens is 1. The van der Waals surface area contributed by atoms with Crippen LogP contribution >= 0.6 is 34.0 Å². The molecule has 12 heteroatoms. The van der Waals surface area contributed by atoms with E-state index in [4.69, 9.17) is 37.6 Å². The summed E-state index contributed by atoms with van der Waals surface area (Å²) >= 11 is 5.21. The molecule has 0 aliphatic carbocycles. The van der Waals surface area contributed by atoms with Gasteiger partial charge in [-0.25, -0.2) is 18.6 Å². The number of fused-ring (bicyclic) bond motifs is 2. The maximum atomic E-state index is 8.49. The fraction of sp³-hybridized carbons (Fsp3) is 0.316. The van der Waals surface area contributed by atoms with E-state index in [1.54, 1.807) is 34.0 Å². The summed E-state index contributed by atoms with van der Waals surface area (Å²) in [6, 6.07) is 6.38. The van der Waals surface area contributed by atoms with Gasteiger partial charge in [-0.3, -0.25) is 0 Å². The molecule has 2 aliphatic heterocycles. The zero-order valence-electron chi connectivity index (χ0n) is 16.4. The maximum absolute atomic E-state index is 8.49. The Kier molecular flexibility index (Phi) is 6.56. The lowest BCUT2D eigenvalue weighted by Crippen LogP contribution is -2.68. The molecule has 2 aliphatic rings. The van der Waals surface area contributed by atoms with Crippen molar-refractivity contribution in [1.29, 1.82) is 0 Å². The third-order valence-electron chi connectivity index (χ3n) is 4.29. The van der Waals surface area contributed by atoms with E-state index in [2.05, 4.69) is 32.0 Å². The summed E-state index contributed by atoms with van der Waals surface area (Å²) in [6.07, 6.45) is 0. The van der Waals surface area contributed by atoms with Gasteiger partial charge in [-0.2, -0.15) is 0 Å². The van der Waals surface area contributed by atoms with E-state index in [0.717, 1.165) is 42.5 Å². The monoisotopic (exact) mass is 504 g/mol. The van der Waals surface area contributed by atoms with Crippen molar-refractivity contribution in [1.82, 2.24) is 0 Å². The van der Waals surface area contributed by atoms with Crippen LogP contribution in [0.3, 0.4) is 0 Å². The first-order chi connectivity index (χ1) is 14.7. The third kappa shape index (κ3) is 5.04. The number of hydrogen-bond acceptors (Lipinski definition) is 10. The van der Waals surface area contributed by atoms with Gasteiger partial charge in [0, 0.05) is 21.9 Å². The Morgan fingerprint density at radius 1 is 0.710 bits per heavy atom. The lowest BCUT2D eigenvalue weighted by atomic mass is 10.3. The van der Waals surface area contributed by atoms with Crippen LogP contribution in [-0.2, 0) is 0 Å². The van der Waals surface area contributed by atoms with Gasteiger partial charge in [0.2, 0.25) is 11.3 Å². The molecule has 0 N–H and O–H groups in total. The number of hydrogen-bond donors (Lipinski definition) is 0. The summed E-state index contributed by atoms with van der Waals surface area (Å²) in [5.74, 6) is 3.57. The van der Waals surface area contributed by atoms with Crippen molar-refractivity contribution in [2.45, 2.75) is 13.8 Å². The molecule has 5 rings (SSSR count). The minimum absolute atomic E-state index is 0.601. The van der Waals surface area contributed by atoms with Crippen molar-refractivity contribution in [2.75, 3.05) is 26.4 Å². The second-order valence-electron chi connectivity index (χ2n) is 6.42. The third-order valence-corrected chi connectivity index (χ3v) is 7.87. The van der Waals surface area contributed by atoms with E-state index in [9.17, 15) is 0 Å². The smallest absolute Gasteiger partial charge is 0.252 e. The van der Waals surface area contributed by atoms with E-state index in [1.165, 1.54) is 9.75 Å². The molecule has 0 aromatic carbocycles. The fourth-order valence-electron chi connectivity index (χ4n) is 3.17. The Hall–Kier alpha value is -1.70. The Balaban J connectivity index is 0.000000418. The van der Waals surface area contributed by atoms with Gasteiger partial charge in [-0.15, -0.1) is 32.9 Å². The second-order valence-corrected chi connectivity index (χ2v) is 10.7.